The van der Waals surface area contributed by atoms with Gasteiger partial charge in [0.1, 0.15) is 11.9 Å². The number of anilines is 2. The van der Waals surface area contributed by atoms with Gasteiger partial charge in [0.15, 0.2) is 11.1 Å². The van der Waals surface area contributed by atoms with E-state index in [1.54, 1.807) is 21.8 Å². The van der Waals surface area contributed by atoms with Crippen LogP contribution in [0.25, 0.3) is 25.5 Å². The van der Waals surface area contributed by atoms with Gasteiger partial charge < -0.3 is 26.4 Å². The van der Waals surface area contributed by atoms with Crippen LogP contribution in [0.15, 0.2) is 28.8 Å². The van der Waals surface area contributed by atoms with Crippen LogP contribution in [0.3, 0.4) is 0 Å². The maximum absolute atomic E-state index is 13.0. The molecule has 7 rings (SSSR count). The van der Waals surface area contributed by atoms with Gasteiger partial charge in [-0.2, -0.15) is 0 Å². The second-order valence-electron chi connectivity index (χ2n) is 10.5. The highest BCUT2D eigenvalue weighted by atomic mass is 32.1. The fraction of sp³-hybridized carbons (Fsp3) is 0.407. The highest BCUT2D eigenvalue weighted by molar-refractivity contribution is 7.29. The van der Waals surface area contributed by atoms with Gasteiger partial charge in [-0.1, -0.05) is 12.8 Å². The number of ether oxygens (including phenoxy) is 1. The van der Waals surface area contributed by atoms with Crippen LogP contribution in [0, 0.1) is 0 Å². The topological polar surface area (TPSA) is 167 Å². The second-order valence-corrected chi connectivity index (χ2v) is 13.5. The molecule has 5 N–H and O–H groups in total. The van der Waals surface area contributed by atoms with E-state index < -0.39 is 5.91 Å². The number of primary amides is 1. The summed E-state index contributed by atoms with van der Waals surface area (Å²) in [6, 6.07) is 1.80. The van der Waals surface area contributed by atoms with E-state index in [-0.39, 0.29) is 29.5 Å². The molecule has 1 amide bonds. The standard InChI is InChI=1S/C27H29N9O3S3/c28-15-3-1-2-4-16(15)32-27-33-17(22(25(29)38)26-34-31-13-36(26)27)9-20-30-11-19(41-20)14-12-40-24-18(37)10-21(42-23(14)24)35-5-7-39-8-6-35/h10-13,15-16H,1-9,28H2,(H2,29,38)(H,32,33)/t15-,16+/m1/s1. The Morgan fingerprint density at radius 3 is 2.81 bits per heavy atom. The molecule has 0 aromatic carbocycles. The van der Waals surface area contributed by atoms with Gasteiger partial charge in [0.05, 0.1) is 43.2 Å². The summed E-state index contributed by atoms with van der Waals surface area (Å²) in [5.41, 5.74) is 14.3. The largest absolute Gasteiger partial charge is 0.378 e. The molecule has 12 nitrogen and oxygen atoms in total. The van der Waals surface area contributed by atoms with E-state index in [1.807, 2.05) is 11.6 Å². The third-order valence-corrected chi connectivity index (χ3v) is 11.2. The van der Waals surface area contributed by atoms with Crippen LogP contribution in [-0.4, -0.2) is 68.9 Å². The normalized spacial score (nSPS) is 19.5. The van der Waals surface area contributed by atoms with Gasteiger partial charge in [0, 0.05) is 54.8 Å². The van der Waals surface area contributed by atoms with Crippen molar-refractivity contribution in [3.8, 4) is 10.4 Å². The van der Waals surface area contributed by atoms with Crippen LogP contribution in [0.4, 0.5) is 10.9 Å². The Bertz CT molecular complexity index is 1840. The first kappa shape index (κ1) is 27.3. The van der Waals surface area contributed by atoms with Gasteiger partial charge in [-0.25, -0.2) is 9.97 Å². The van der Waals surface area contributed by atoms with Crippen LogP contribution in [0.1, 0.15) is 46.7 Å². The molecule has 2 fully saturated rings. The minimum Gasteiger partial charge on any atom is -0.378 e. The smallest absolute Gasteiger partial charge is 0.254 e. The van der Waals surface area contributed by atoms with E-state index in [0.29, 0.717) is 30.5 Å². The van der Waals surface area contributed by atoms with Gasteiger partial charge in [-0.3, -0.25) is 14.0 Å². The number of aromatic nitrogens is 5. The zero-order valence-electron chi connectivity index (χ0n) is 22.6. The van der Waals surface area contributed by atoms with Gasteiger partial charge in [-0.05, 0) is 12.8 Å². The molecule has 1 aliphatic carbocycles. The van der Waals surface area contributed by atoms with Crippen molar-refractivity contribution in [2.75, 3.05) is 36.5 Å². The third-order valence-electron chi connectivity index (χ3n) is 7.80. The average Bonchev–Trinajstić information content (AvgIpc) is 3.75. The van der Waals surface area contributed by atoms with Crippen molar-refractivity contribution >= 4 is 65.9 Å². The van der Waals surface area contributed by atoms with Crippen LogP contribution in [0.5, 0.6) is 0 Å². The minimum absolute atomic E-state index is 0.00719. The SMILES string of the molecule is NC(=O)c1c(Cc2ncc(-c3csc4c(=O)cc(N5CCOCC5)sc34)s2)nc(N[C@H]2CCCC[C@H]2N)n2cnnc12. The van der Waals surface area contributed by atoms with E-state index >= 15 is 0 Å². The Balaban J connectivity index is 1.23. The molecule has 2 atom stereocenters. The molecule has 0 radical (unpaired) electrons. The van der Waals surface area contributed by atoms with E-state index in [0.717, 1.165) is 68.6 Å². The van der Waals surface area contributed by atoms with Crippen LogP contribution >= 0.6 is 34.0 Å². The maximum Gasteiger partial charge on any atom is 0.254 e. The zero-order valence-corrected chi connectivity index (χ0v) is 25.1. The number of morpholine rings is 1. The first-order valence-corrected chi connectivity index (χ1v) is 16.3. The van der Waals surface area contributed by atoms with Gasteiger partial charge in [0.25, 0.3) is 5.91 Å². The highest BCUT2D eigenvalue weighted by Gasteiger charge is 2.26. The highest BCUT2D eigenvalue weighted by Crippen LogP contribution is 2.40. The minimum atomic E-state index is -0.627. The summed E-state index contributed by atoms with van der Waals surface area (Å²) in [4.78, 5) is 38.3. The van der Waals surface area contributed by atoms with E-state index in [2.05, 4.69) is 25.4 Å². The van der Waals surface area contributed by atoms with Crippen molar-refractivity contribution in [3.05, 3.63) is 50.5 Å². The molecular formula is C27H29N9O3S3. The first-order valence-electron chi connectivity index (χ1n) is 13.8. The Morgan fingerprint density at radius 2 is 2.00 bits per heavy atom. The Labute approximate surface area is 252 Å². The molecule has 6 heterocycles. The van der Waals surface area contributed by atoms with E-state index in [1.165, 1.54) is 29.0 Å². The molecule has 0 unspecified atom stereocenters. The van der Waals surface area contributed by atoms with Crippen molar-refractivity contribution in [3.63, 3.8) is 0 Å². The summed E-state index contributed by atoms with van der Waals surface area (Å²) in [6.45, 7) is 2.84. The Morgan fingerprint density at radius 1 is 1.17 bits per heavy atom. The predicted octanol–water partition coefficient (Wildman–Crippen LogP) is 3.09. The van der Waals surface area contributed by atoms with Gasteiger partial charge in [0.2, 0.25) is 5.95 Å². The Hall–Kier alpha value is -3.50. The lowest BCUT2D eigenvalue weighted by Gasteiger charge is -2.30. The lowest BCUT2D eigenvalue weighted by atomic mass is 9.91. The van der Waals surface area contributed by atoms with Crippen LogP contribution in [0.2, 0.25) is 0 Å². The molecule has 42 heavy (non-hydrogen) atoms. The molecule has 1 saturated carbocycles. The average molecular weight is 624 g/mol. The molecule has 2 aliphatic rings. The van der Waals surface area contributed by atoms with Gasteiger partial charge in [-0.15, -0.1) is 44.2 Å². The third kappa shape index (κ3) is 5.04. The number of rotatable bonds is 7. The number of hydrogen-bond donors (Lipinski definition) is 3. The first-order chi connectivity index (χ1) is 20.5. The second kappa shape index (κ2) is 11.3. The molecule has 5 aromatic heterocycles. The van der Waals surface area contributed by atoms with E-state index in [4.69, 9.17) is 21.2 Å². The lowest BCUT2D eigenvalue weighted by molar-refractivity contribution is 0.1000. The number of hydrogen-bond acceptors (Lipinski definition) is 13. The number of nitrogens with zero attached hydrogens (tertiary/aromatic N) is 6. The molecule has 1 saturated heterocycles. The van der Waals surface area contributed by atoms with Crippen LogP contribution < -0.4 is 27.1 Å². The zero-order chi connectivity index (χ0) is 28.8. The molecule has 1 aliphatic heterocycles. The summed E-state index contributed by atoms with van der Waals surface area (Å²) in [6.07, 6.45) is 7.70. The molecule has 5 aromatic rings. The number of carbonyl (C=O) groups is 1. The molecule has 0 bridgehead atoms. The fourth-order valence-electron chi connectivity index (χ4n) is 5.61. The maximum atomic E-state index is 13.0. The summed E-state index contributed by atoms with van der Waals surface area (Å²) >= 11 is 4.59. The van der Waals surface area contributed by atoms with Crippen molar-refractivity contribution in [2.45, 2.75) is 44.2 Å². The van der Waals surface area contributed by atoms with Crippen molar-refractivity contribution in [1.82, 2.24) is 24.6 Å². The predicted molar refractivity (Wildman–Crippen MR) is 166 cm³/mol. The summed E-state index contributed by atoms with van der Waals surface area (Å²) in [7, 11) is 0. The number of thiophene rings is 1. The van der Waals surface area contributed by atoms with Crippen LogP contribution in [-0.2, 0) is 11.2 Å². The summed E-state index contributed by atoms with van der Waals surface area (Å²) in [5, 5.41) is 15.4. The number of amides is 1. The number of carbonyl (C=O) groups excluding carboxylic acids is 1. The number of fused-ring (bicyclic) bond motifs is 2. The van der Waals surface area contributed by atoms with Gasteiger partial charge >= 0.3 is 0 Å². The number of nitrogens with two attached hydrogens (primary N) is 2. The lowest BCUT2D eigenvalue weighted by Crippen LogP contribution is -2.43. The van der Waals surface area contributed by atoms with Crippen molar-refractivity contribution in [1.29, 1.82) is 0 Å². The quantitative estimate of drug-likeness (QED) is 0.245. The Kier molecular flexibility index (Phi) is 7.35. The van der Waals surface area contributed by atoms with Crippen molar-refractivity contribution in [2.24, 2.45) is 11.5 Å². The van der Waals surface area contributed by atoms with E-state index in [9.17, 15) is 9.59 Å². The summed E-state index contributed by atoms with van der Waals surface area (Å²) < 4.78 is 8.85. The monoisotopic (exact) mass is 623 g/mol. The van der Waals surface area contributed by atoms with Crippen molar-refractivity contribution < 1.29 is 9.53 Å². The molecule has 15 heteroatoms. The summed E-state index contributed by atoms with van der Waals surface area (Å²) in [5.74, 6) is -0.101. The molecule has 0 spiro atoms. The number of nitrogens with one attached hydrogen (secondary N) is 1. The fourth-order valence-corrected chi connectivity index (χ4v) is 9.07. The number of thiazole rings is 1. The molecular weight excluding hydrogens is 595 g/mol. The molecule has 218 valence electrons.